The molecule has 5 rings (SSSR count). The van der Waals surface area contributed by atoms with Crippen molar-refractivity contribution in [3.05, 3.63) is 78.5 Å². The Bertz CT molecular complexity index is 1800. The maximum absolute atomic E-state index is 11.9. The number of aromatic nitrogens is 3. The summed E-state index contributed by atoms with van der Waals surface area (Å²) >= 11 is 0. The first kappa shape index (κ1) is 24.5. The molecule has 37 heavy (non-hydrogen) atoms. The molecule has 5 aromatic rings. The second-order valence-corrected chi connectivity index (χ2v) is 11.8. The van der Waals surface area contributed by atoms with Crippen LogP contribution < -0.4 is 4.31 Å². The standard InChI is InChI=1S/C29H27N5O2S/c1-29(2,18-30)22-11-6-20(7-12-22)28-27-24-16-21(10-15-25(24)31-17-26(27)33(3)32-28)19-8-13-23(14-9-19)34(4)37(5,35)36/h6-17H,1-5H3. The minimum atomic E-state index is -3.33. The molecule has 0 amide bonds. The van der Waals surface area contributed by atoms with Gasteiger partial charge in [-0.25, -0.2) is 8.42 Å². The molecule has 8 heteroatoms. The maximum atomic E-state index is 11.9. The highest BCUT2D eigenvalue weighted by molar-refractivity contribution is 7.92. The summed E-state index contributed by atoms with van der Waals surface area (Å²) in [6.45, 7) is 3.81. The lowest BCUT2D eigenvalue weighted by atomic mass is 9.86. The molecule has 7 nitrogen and oxygen atoms in total. The Morgan fingerprint density at radius 3 is 2.19 bits per heavy atom. The van der Waals surface area contributed by atoms with Crippen molar-refractivity contribution in [3.8, 4) is 28.5 Å². The molecule has 0 saturated carbocycles. The summed E-state index contributed by atoms with van der Waals surface area (Å²) in [5.41, 5.74) is 6.57. The highest BCUT2D eigenvalue weighted by Crippen LogP contribution is 2.36. The highest BCUT2D eigenvalue weighted by atomic mass is 32.2. The molecule has 0 unspecified atom stereocenters. The van der Waals surface area contributed by atoms with Gasteiger partial charge in [0.1, 0.15) is 5.69 Å². The highest BCUT2D eigenvalue weighted by Gasteiger charge is 2.21. The molecule has 0 saturated heterocycles. The molecule has 0 fully saturated rings. The van der Waals surface area contributed by atoms with E-state index in [1.807, 2.05) is 80.3 Å². The zero-order valence-electron chi connectivity index (χ0n) is 21.4. The van der Waals surface area contributed by atoms with Gasteiger partial charge in [-0.2, -0.15) is 10.4 Å². The Hall–Kier alpha value is -4.22. The molecule has 0 radical (unpaired) electrons. The van der Waals surface area contributed by atoms with Crippen LogP contribution in [0.25, 0.3) is 44.2 Å². The van der Waals surface area contributed by atoms with Crippen molar-refractivity contribution >= 4 is 37.5 Å². The number of hydrogen-bond donors (Lipinski definition) is 0. The zero-order valence-corrected chi connectivity index (χ0v) is 22.2. The van der Waals surface area contributed by atoms with E-state index in [4.69, 9.17) is 5.10 Å². The summed E-state index contributed by atoms with van der Waals surface area (Å²) in [4.78, 5) is 4.66. The van der Waals surface area contributed by atoms with Crippen LogP contribution in [-0.4, -0.2) is 36.5 Å². The third kappa shape index (κ3) is 4.32. The number of nitriles is 1. The van der Waals surface area contributed by atoms with Gasteiger partial charge in [0.05, 0.1) is 40.7 Å². The topological polar surface area (TPSA) is 91.9 Å². The molecule has 0 spiro atoms. The molecule has 3 aromatic carbocycles. The van der Waals surface area contributed by atoms with Crippen LogP contribution >= 0.6 is 0 Å². The Morgan fingerprint density at radius 2 is 1.57 bits per heavy atom. The average Bonchev–Trinajstić information content (AvgIpc) is 3.24. The van der Waals surface area contributed by atoms with Crippen LogP contribution in [0.4, 0.5) is 5.69 Å². The summed E-state index contributed by atoms with van der Waals surface area (Å²) in [6.07, 6.45) is 3.03. The molecular formula is C29H27N5O2S. The van der Waals surface area contributed by atoms with Crippen LogP contribution in [0.2, 0.25) is 0 Å². The molecule has 186 valence electrons. The quantitative estimate of drug-likeness (QED) is 0.305. The number of fused-ring (bicyclic) bond motifs is 3. The van der Waals surface area contributed by atoms with Gasteiger partial charge in [-0.15, -0.1) is 0 Å². The third-order valence-electron chi connectivity index (χ3n) is 6.90. The monoisotopic (exact) mass is 509 g/mol. The number of sulfonamides is 1. The summed E-state index contributed by atoms with van der Waals surface area (Å²) in [5, 5.41) is 16.3. The van der Waals surface area contributed by atoms with Gasteiger partial charge in [0.15, 0.2) is 0 Å². The van der Waals surface area contributed by atoms with Gasteiger partial charge in [-0.1, -0.05) is 42.5 Å². The normalized spacial score (nSPS) is 12.1. The zero-order chi connectivity index (χ0) is 26.5. The van der Waals surface area contributed by atoms with Crippen molar-refractivity contribution in [2.24, 2.45) is 7.05 Å². The Labute approximate surface area is 216 Å². The lowest BCUT2D eigenvalue weighted by Crippen LogP contribution is -2.24. The van der Waals surface area contributed by atoms with Crippen LogP contribution in [-0.2, 0) is 22.5 Å². The van der Waals surface area contributed by atoms with Crippen molar-refractivity contribution in [2.75, 3.05) is 17.6 Å². The molecule has 2 heterocycles. The first-order valence-corrected chi connectivity index (χ1v) is 13.7. The smallest absolute Gasteiger partial charge is 0.231 e. The number of benzene rings is 3. The molecule has 2 aromatic heterocycles. The van der Waals surface area contributed by atoms with E-state index in [-0.39, 0.29) is 0 Å². The van der Waals surface area contributed by atoms with E-state index >= 15 is 0 Å². The lowest BCUT2D eigenvalue weighted by Gasteiger charge is -2.17. The van der Waals surface area contributed by atoms with Gasteiger partial charge in [0, 0.05) is 30.4 Å². The summed E-state index contributed by atoms with van der Waals surface area (Å²) < 4.78 is 26.9. The molecular weight excluding hydrogens is 482 g/mol. The van der Waals surface area contributed by atoms with Crippen molar-refractivity contribution in [1.29, 1.82) is 5.26 Å². The fourth-order valence-corrected chi connectivity index (χ4v) is 4.98. The summed E-state index contributed by atoms with van der Waals surface area (Å²) in [5.74, 6) is 0. The van der Waals surface area contributed by atoms with Gasteiger partial charge in [0.25, 0.3) is 0 Å². The Balaban J connectivity index is 1.64. The largest absolute Gasteiger partial charge is 0.274 e. The molecule has 0 bridgehead atoms. The SMILES string of the molecule is CN(c1ccc(-c2ccc3ncc4c(c(-c5ccc(C(C)(C)C#N)cc5)nn4C)c3c2)cc1)S(C)(=O)=O. The number of pyridine rings is 1. The number of hydrogen-bond acceptors (Lipinski definition) is 5. The van der Waals surface area contributed by atoms with Crippen molar-refractivity contribution < 1.29 is 8.42 Å². The second kappa shape index (κ2) is 8.71. The molecule has 0 aliphatic rings. The minimum absolute atomic E-state index is 0.568. The summed E-state index contributed by atoms with van der Waals surface area (Å²) in [7, 11) is 0.124. The first-order valence-electron chi connectivity index (χ1n) is 11.8. The van der Waals surface area contributed by atoms with Crippen molar-refractivity contribution in [1.82, 2.24) is 14.8 Å². The van der Waals surface area contributed by atoms with Gasteiger partial charge in [-0.05, 0) is 54.8 Å². The van der Waals surface area contributed by atoms with Crippen molar-refractivity contribution in [3.63, 3.8) is 0 Å². The van der Waals surface area contributed by atoms with Crippen LogP contribution in [0.15, 0.2) is 72.9 Å². The first-order chi connectivity index (χ1) is 17.5. The van der Waals surface area contributed by atoms with E-state index in [0.29, 0.717) is 5.69 Å². The van der Waals surface area contributed by atoms with E-state index in [1.165, 1.54) is 10.6 Å². The lowest BCUT2D eigenvalue weighted by molar-refractivity contribution is 0.600. The van der Waals surface area contributed by atoms with Gasteiger partial charge in [-0.3, -0.25) is 14.0 Å². The van der Waals surface area contributed by atoms with E-state index in [0.717, 1.165) is 49.8 Å². The maximum Gasteiger partial charge on any atom is 0.231 e. The van der Waals surface area contributed by atoms with E-state index in [1.54, 1.807) is 19.2 Å². The minimum Gasteiger partial charge on any atom is -0.274 e. The molecule has 0 aliphatic carbocycles. The number of nitrogens with zero attached hydrogens (tertiary/aromatic N) is 5. The fraction of sp³-hybridized carbons (Fsp3) is 0.207. The van der Waals surface area contributed by atoms with Gasteiger partial charge >= 0.3 is 0 Å². The van der Waals surface area contributed by atoms with Gasteiger partial charge in [0.2, 0.25) is 10.0 Å². The predicted molar refractivity (Wildman–Crippen MR) is 149 cm³/mol. The molecule has 0 atom stereocenters. The van der Waals surface area contributed by atoms with Crippen LogP contribution in [0.5, 0.6) is 0 Å². The number of aryl methyl sites for hydroxylation is 1. The van der Waals surface area contributed by atoms with E-state index in [2.05, 4.69) is 17.1 Å². The Kier molecular flexibility index (Phi) is 5.76. The fourth-order valence-electron chi connectivity index (χ4n) is 4.48. The average molecular weight is 510 g/mol. The van der Waals surface area contributed by atoms with Crippen LogP contribution in [0.1, 0.15) is 19.4 Å². The number of anilines is 1. The molecule has 0 aliphatic heterocycles. The summed E-state index contributed by atoms with van der Waals surface area (Å²) in [6, 6.07) is 23.9. The van der Waals surface area contributed by atoms with Crippen LogP contribution in [0, 0.1) is 11.3 Å². The third-order valence-corrected chi connectivity index (χ3v) is 8.11. The van der Waals surface area contributed by atoms with E-state index < -0.39 is 15.4 Å². The second-order valence-electron chi connectivity index (χ2n) is 9.81. The van der Waals surface area contributed by atoms with Crippen LogP contribution in [0.3, 0.4) is 0 Å². The Morgan fingerprint density at radius 1 is 0.946 bits per heavy atom. The predicted octanol–water partition coefficient (Wildman–Crippen LogP) is 5.65. The number of rotatable bonds is 5. The van der Waals surface area contributed by atoms with Crippen molar-refractivity contribution in [2.45, 2.75) is 19.3 Å². The van der Waals surface area contributed by atoms with E-state index in [9.17, 15) is 13.7 Å². The molecule has 0 N–H and O–H groups in total. The van der Waals surface area contributed by atoms with Gasteiger partial charge < -0.3 is 0 Å².